The van der Waals surface area contributed by atoms with Gasteiger partial charge >= 0.3 is 11.9 Å². The van der Waals surface area contributed by atoms with Gasteiger partial charge in [-0.15, -0.1) is 0 Å². The van der Waals surface area contributed by atoms with Gasteiger partial charge in [0.15, 0.2) is 0 Å². The molecule has 0 saturated carbocycles. The first-order valence-corrected chi connectivity index (χ1v) is 27.1. The van der Waals surface area contributed by atoms with Crippen LogP contribution in [0.4, 0.5) is 11.4 Å². The zero-order valence-corrected chi connectivity index (χ0v) is 42.7. The van der Waals surface area contributed by atoms with Gasteiger partial charge in [0.1, 0.15) is 11.5 Å². The van der Waals surface area contributed by atoms with E-state index in [9.17, 15) is 9.59 Å². The summed E-state index contributed by atoms with van der Waals surface area (Å²) in [6.45, 7) is 6.64. The first kappa shape index (κ1) is 56.3. The summed E-state index contributed by atoms with van der Waals surface area (Å²) in [7, 11) is 0. The van der Waals surface area contributed by atoms with Crippen LogP contribution in [-0.2, 0) is 9.47 Å². The predicted octanol–water partition coefficient (Wildman–Crippen LogP) is 17.5. The Kier molecular flexibility index (Phi) is 30.7. The van der Waals surface area contributed by atoms with Crippen LogP contribution in [0.15, 0.2) is 107 Å². The van der Waals surface area contributed by atoms with Crippen LogP contribution in [0.3, 0.4) is 0 Å². The highest BCUT2D eigenvalue weighted by Crippen LogP contribution is 2.21. The second-order valence-corrected chi connectivity index (χ2v) is 18.6. The molecule has 0 atom stereocenters. The first-order valence-electron chi connectivity index (χ1n) is 27.1. The molecule has 0 N–H and O–H groups in total. The van der Waals surface area contributed by atoms with Crippen LogP contribution in [0, 0.1) is 0 Å². The minimum Gasteiger partial charge on any atom is -0.494 e. The molecule has 0 bridgehead atoms. The second-order valence-electron chi connectivity index (χ2n) is 18.6. The third kappa shape index (κ3) is 26.9. The van der Waals surface area contributed by atoms with E-state index in [0.29, 0.717) is 37.2 Å². The summed E-state index contributed by atoms with van der Waals surface area (Å²) in [6, 6.07) is 30.1. The van der Waals surface area contributed by atoms with E-state index in [1.165, 1.54) is 141 Å². The van der Waals surface area contributed by atoms with Crippen LogP contribution in [0.25, 0.3) is 0 Å². The van der Waals surface area contributed by atoms with Gasteiger partial charge < -0.3 is 18.9 Å². The summed E-state index contributed by atoms with van der Waals surface area (Å²) in [5.74, 6) is 1.01. The van der Waals surface area contributed by atoms with E-state index in [1.807, 2.05) is 72.8 Å². The number of ether oxygens (including phenoxy) is 4. The number of carbonyl (C=O) groups is 2. The lowest BCUT2D eigenvalue weighted by Crippen LogP contribution is -2.08. The number of rotatable bonds is 40. The molecule has 4 rings (SSSR count). The minimum absolute atomic E-state index is 0.301. The number of aliphatic imine (C=N–C) groups is 2. The SMILES string of the molecule is CCCCCCCCCCCCCCOc1ccc(N=Cc2ccc(C(=O)OCCCCCOC(=O)c3ccc(C=Nc4ccc(OCCCCCCCCCCCCCC)cc4)cc3)cc2)cc1. The van der Waals surface area contributed by atoms with Crippen molar-refractivity contribution in [3.05, 3.63) is 119 Å². The zero-order chi connectivity index (χ0) is 48.7. The Bertz CT molecular complexity index is 1810. The van der Waals surface area contributed by atoms with E-state index in [-0.39, 0.29) is 11.9 Å². The van der Waals surface area contributed by atoms with Crippen LogP contribution < -0.4 is 9.47 Å². The van der Waals surface area contributed by atoms with E-state index < -0.39 is 0 Å². The molecule has 8 heteroatoms. The number of benzene rings is 4. The van der Waals surface area contributed by atoms with Crippen molar-refractivity contribution in [3.63, 3.8) is 0 Å². The molecule has 0 fully saturated rings. The molecule has 0 radical (unpaired) electrons. The molecule has 0 heterocycles. The van der Waals surface area contributed by atoms with Gasteiger partial charge in [0.25, 0.3) is 0 Å². The Hall–Kier alpha value is -5.24. The Morgan fingerprint density at radius 3 is 0.942 bits per heavy atom. The molecule has 8 nitrogen and oxygen atoms in total. The minimum atomic E-state index is -0.361. The molecule has 0 amide bonds. The van der Waals surface area contributed by atoms with E-state index in [0.717, 1.165) is 66.5 Å². The molecular formula is C61H86N2O6. The highest BCUT2D eigenvalue weighted by Gasteiger charge is 2.09. The lowest BCUT2D eigenvalue weighted by Gasteiger charge is -2.07. The van der Waals surface area contributed by atoms with Crippen molar-refractivity contribution in [2.24, 2.45) is 9.98 Å². The van der Waals surface area contributed by atoms with Crippen LogP contribution in [0.5, 0.6) is 11.5 Å². The van der Waals surface area contributed by atoms with Crippen LogP contribution in [-0.4, -0.2) is 50.8 Å². The van der Waals surface area contributed by atoms with Gasteiger partial charge in [-0.25, -0.2) is 9.59 Å². The maximum Gasteiger partial charge on any atom is 0.338 e. The Labute approximate surface area is 417 Å². The van der Waals surface area contributed by atoms with E-state index in [2.05, 4.69) is 23.8 Å². The lowest BCUT2D eigenvalue weighted by molar-refractivity contribution is 0.0478. The average Bonchev–Trinajstić information content (AvgIpc) is 3.38. The fourth-order valence-corrected chi connectivity index (χ4v) is 8.11. The van der Waals surface area contributed by atoms with Crippen molar-refractivity contribution >= 4 is 35.7 Å². The molecule has 376 valence electrons. The summed E-state index contributed by atoms with van der Waals surface area (Å²) in [6.07, 6.45) is 37.7. The number of unbranched alkanes of at least 4 members (excludes halogenated alkanes) is 24. The summed E-state index contributed by atoms with van der Waals surface area (Å²) < 4.78 is 22.9. The van der Waals surface area contributed by atoms with Crippen molar-refractivity contribution in [1.29, 1.82) is 0 Å². The van der Waals surface area contributed by atoms with Gasteiger partial charge in [0.05, 0.1) is 48.9 Å². The molecule has 0 unspecified atom stereocenters. The zero-order valence-electron chi connectivity index (χ0n) is 42.7. The number of carbonyl (C=O) groups excluding carboxylic acids is 2. The molecule has 4 aromatic rings. The van der Waals surface area contributed by atoms with Crippen LogP contribution >= 0.6 is 0 Å². The lowest BCUT2D eigenvalue weighted by atomic mass is 10.1. The van der Waals surface area contributed by atoms with E-state index >= 15 is 0 Å². The highest BCUT2D eigenvalue weighted by molar-refractivity contribution is 5.92. The van der Waals surface area contributed by atoms with Crippen LogP contribution in [0.1, 0.15) is 219 Å². The maximum absolute atomic E-state index is 12.6. The maximum atomic E-state index is 12.6. The number of esters is 2. The molecule has 0 spiro atoms. The quantitative estimate of drug-likeness (QED) is 0.0250. The molecule has 0 aliphatic rings. The third-order valence-electron chi connectivity index (χ3n) is 12.5. The molecule has 69 heavy (non-hydrogen) atoms. The molecule has 0 saturated heterocycles. The van der Waals surface area contributed by atoms with Crippen molar-refractivity contribution in [2.75, 3.05) is 26.4 Å². The molecule has 0 aliphatic carbocycles. The number of hydrogen-bond acceptors (Lipinski definition) is 8. The normalized spacial score (nSPS) is 11.4. The van der Waals surface area contributed by atoms with Gasteiger partial charge in [-0.3, -0.25) is 9.98 Å². The van der Waals surface area contributed by atoms with Gasteiger partial charge in [-0.1, -0.05) is 179 Å². The van der Waals surface area contributed by atoms with Gasteiger partial charge in [-0.2, -0.15) is 0 Å². The predicted molar refractivity (Wildman–Crippen MR) is 288 cm³/mol. The fraction of sp³-hybridized carbons (Fsp3) is 0.541. The summed E-state index contributed by atoms with van der Waals surface area (Å²) in [5, 5.41) is 0. The first-order chi connectivity index (χ1) is 34.0. The Balaban J connectivity index is 0.979. The van der Waals surface area contributed by atoms with Crippen molar-refractivity contribution < 1.29 is 28.5 Å². The Morgan fingerprint density at radius 1 is 0.348 bits per heavy atom. The molecule has 0 aromatic heterocycles. The van der Waals surface area contributed by atoms with Crippen molar-refractivity contribution in [2.45, 2.75) is 187 Å². The summed E-state index contributed by atoms with van der Waals surface area (Å²) >= 11 is 0. The largest absolute Gasteiger partial charge is 0.494 e. The highest BCUT2D eigenvalue weighted by atomic mass is 16.5. The standard InChI is InChI=1S/C61H86N2O6/c1-3-5-7-9-11-13-15-17-19-21-23-26-46-66-58-42-38-56(39-43-58)62-50-52-30-34-54(35-31-52)60(64)68-48-28-25-29-49-69-61(65)55-36-32-53(33-37-55)51-63-57-40-44-59(45-41-57)67-47-27-24-22-20-18-16-14-12-10-8-6-4-2/h30-45,50-51H,3-29,46-49H2,1-2H3. The summed E-state index contributed by atoms with van der Waals surface area (Å²) in [5.41, 5.74) is 4.44. The van der Waals surface area contributed by atoms with Gasteiger partial charge in [0, 0.05) is 12.4 Å². The monoisotopic (exact) mass is 943 g/mol. The molecule has 4 aromatic carbocycles. The number of nitrogens with zero attached hydrogens (tertiary/aromatic N) is 2. The Morgan fingerprint density at radius 2 is 0.623 bits per heavy atom. The summed E-state index contributed by atoms with van der Waals surface area (Å²) in [4.78, 5) is 34.4. The fourth-order valence-electron chi connectivity index (χ4n) is 8.11. The van der Waals surface area contributed by atoms with Crippen molar-refractivity contribution in [1.82, 2.24) is 0 Å². The van der Waals surface area contributed by atoms with Gasteiger partial charge in [0.2, 0.25) is 0 Å². The topological polar surface area (TPSA) is 95.8 Å². The molecular weight excluding hydrogens is 857 g/mol. The average molecular weight is 943 g/mol. The van der Waals surface area contributed by atoms with Crippen LogP contribution in [0.2, 0.25) is 0 Å². The van der Waals surface area contributed by atoms with Gasteiger partial charge in [-0.05, 0) is 116 Å². The third-order valence-corrected chi connectivity index (χ3v) is 12.5. The van der Waals surface area contributed by atoms with Crippen molar-refractivity contribution in [3.8, 4) is 11.5 Å². The molecule has 0 aliphatic heterocycles. The number of hydrogen-bond donors (Lipinski definition) is 0. The van der Waals surface area contributed by atoms with E-state index in [1.54, 1.807) is 36.7 Å². The smallest absolute Gasteiger partial charge is 0.338 e. The second kappa shape index (κ2) is 37.6. The van der Waals surface area contributed by atoms with E-state index in [4.69, 9.17) is 18.9 Å².